The predicted octanol–water partition coefficient (Wildman–Crippen LogP) is 7.00. The van der Waals surface area contributed by atoms with Crippen molar-refractivity contribution < 1.29 is 19.2 Å². The second-order valence-electron chi connectivity index (χ2n) is 14.0. The first-order valence-corrected chi connectivity index (χ1v) is 16.8. The van der Waals surface area contributed by atoms with E-state index in [1.807, 2.05) is 38.9 Å². The Hall–Kier alpha value is -5.44. The van der Waals surface area contributed by atoms with Crippen LogP contribution in [0.1, 0.15) is 113 Å². The fourth-order valence-corrected chi connectivity index (χ4v) is 8.36. The van der Waals surface area contributed by atoms with E-state index < -0.39 is 34.9 Å². The average molecular weight is 653 g/mol. The number of nitrogens with one attached hydrogen (secondary N) is 1. The Morgan fingerprint density at radius 3 is 1.86 bits per heavy atom. The van der Waals surface area contributed by atoms with Crippen LogP contribution in [0.5, 0.6) is 0 Å². The standard InChI is InChI=1S/C40H36N4O5/c1-18-19(2)21(4)34(30(20(18)3)22-9-7-8-10-22)44-39(48)26-14-12-24-31-25(13-15-27(32(26)31)40(44)49)36(46)33(35(24)45)37-41-29-16-11-23(43(5)6)17-28(29)38(47)42-37/h11-17,22,33H,7-10H2,1-6H3,(H,41,42,47). The summed E-state index contributed by atoms with van der Waals surface area (Å²) < 4.78 is 0. The topological polar surface area (TPSA) is 121 Å². The number of benzene rings is 4. The molecule has 1 aliphatic heterocycles. The molecular weight excluding hydrogens is 616 g/mol. The fourth-order valence-electron chi connectivity index (χ4n) is 8.36. The third-order valence-electron chi connectivity index (χ3n) is 11.3. The smallest absolute Gasteiger partial charge is 0.266 e. The Kier molecular flexibility index (Phi) is 6.79. The van der Waals surface area contributed by atoms with Crippen molar-refractivity contribution in [1.29, 1.82) is 0 Å². The zero-order valence-electron chi connectivity index (χ0n) is 28.4. The van der Waals surface area contributed by atoms with Crippen LogP contribution in [0.3, 0.4) is 0 Å². The lowest BCUT2D eigenvalue weighted by Crippen LogP contribution is -2.42. The Labute approximate surface area is 282 Å². The van der Waals surface area contributed by atoms with E-state index in [0.717, 1.165) is 53.6 Å². The lowest BCUT2D eigenvalue weighted by Gasteiger charge is -2.34. The van der Waals surface area contributed by atoms with Crippen LogP contribution >= 0.6 is 0 Å². The van der Waals surface area contributed by atoms with Gasteiger partial charge in [0.05, 0.1) is 16.6 Å². The minimum atomic E-state index is -1.38. The number of carbonyl (C=O) groups excluding carboxylic acids is 4. The van der Waals surface area contributed by atoms with Crippen molar-refractivity contribution in [1.82, 2.24) is 9.97 Å². The Morgan fingerprint density at radius 2 is 1.27 bits per heavy atom. The summed E-state index contributed by atoms with van der Waals surface area (Å²) in [6.07, 6.45) is 4.22. The van der Waals surface area contributed by atoms with E-state index in [-0.39, 0.29) is 34.0 Å². The molecule has 0 unspecified atom stereocenters. The summed E-state index contributed by atoms with van der Waals surface area (Å²) in [4.78, 5) is 81.0. The number of hydrogen-bond acceptors (Lipinski definition) is 7. The molecule has 9 heteroatoms. The van der Waals surface area contributed by atoms with E-state index in [4.69, 9.17) is 0 Å². The molecule has 8 rings (SSSR count). The van der Waals surface area contributed by atoms with Gasteiger partial charge in [0, 0.05) is 52.8 Å². The lowest BCUT2D eigenvalue weighted by molar-refractivity contribution is 0.0842. The van der Waals surface area contributed by atoms with Crippen LogP contribution in [-0.2, 0) is 0 Å². The first-order valence-electron chi connectivity index (χ1n) is 16.8. The van der Waals surface area contributed by atoms with Gasteiger partial charge < -0.3 is 9.88 Å². The van der Waals surface area contributed by atoms with Gasteiger partial charge in [0.2, 0.25) is 0 Å². The molecule has 2 heterocycles. The molecule has 1 saturated carbocycles. The van der Waals surface area contributed by atoms with Crippen LogP contribution in [0.15, 0.2) is 47.3 Å². The molecule has 9 nitrogen and oxygen atoms in total. The summed E-state index contributed by atoms with van der Waals surface area (Å²) in [6, 6.07) is 11.5. The molecule has 5 aromatic rings. The Balaban J connectivity index is 1.27. The first kappa shape index (κ1) is 30.9. The highest BCUT2D eigenvalue weighted by Crippen LogP contribution is 2.48. The second-order valence-corrected chi connectivity index (χ2v) is 14.0. The fraction of sp³-hybridized carbons (Fsp3) is 0.300. The average Bonchev–Trinajstić information content (AvgIpc) is 3.62. The zero-order valence-corrected chi connectivity index (χ0v) is 28.4. The number of aromatic nitrogens is 2. The number of carbonyl (C=O) groups is 4. The highest BCUT2D eigenvalue weighted by molar-refractivity contribution is 6.41. The maximum absolute atomic E-state index is 14.5. The van der Waals surface area contributed by atoms with E-state index in [0.29, 0.717) is 27.4 Å². The number of rotatable bonds is 4. The van der Waals surface area contributed by atoms with E-state index >= 15 is 0 Å². The van der Waals surface area contributed by atoms with Crippen molar-refractivity contribution in [2.75, 3.05) is 23.9 Å². The van der Waals surface area contributed by atoms with Crippen LogP contribution in [0, 0.1) is 27.7 Å². The molecule has 1 aromatic heterocycles. The number of nitrogens with zero attached hydrogens (tertiary/aromatic N) is 3. The maximum atomic E-state index is 14.5. The molecule has 0 saturated heterocycles. The van der Waals surface area contributed by atoms with E-state index in [1.54, 1.807) is 36.4 Å². The predicted molar refractivity (Wildman–Crippen MR) is 190 cm³/mol. The normalized spacial score (nSPS) is 16.5. The summed E-state index contributed by atoms with van der Waals surface area (Å²) in [5.41, 5.74) is 7.67. The number of hydrogen-bond donors (Lipinski definition) is 1. The quantitative estimate of drug-likeness (QED) is 0.164. The molecule has 0 atom stereocenters. The van der Waals surface area contributed by atoms with Crippen molar-refractivity contribution in [3.05, 3.63) is 109 Å². The molecule has 3 aliphatic rings. The molecule has 2 amide bonds. The van der Waals surface area contributed by atoms with Crippen molar-refractivity contribution in [3.63, 3.8) is 0 Å². The van der Waals surface area contributed by atoms with E-state index in [1.165, 1.54) is 10.5 Å². The molecule has 0 bridgehead atoms. The van der Waals surface area contributed by atoms with Gasteiger partial charge in [0.25, 0.3) is 17.4 Å². The summed E-state index contributed by atoms with van der Waals surface area (Å²) in [6.45, 7) is 8.20. The van der Waals surface area contributed by atoms with Crippen LogP contribution < -0.4 is 15.4 Å². The van der Waals surface area contributed by atoms with Gasteiger partial charge in [-0.15, -0.1) is 0 Å². The zero-order chi connectivity index (χ0) is 34.6. The first-order chi connectivity index (χ1) is 23.4. The summed E-state index contributed by atoms with van der Waals surface area (Å²) in [5.74, 6) is -3.18. The minimum Gasteiger partial charge on any atom is -0.378 e. The molecule has 2 aliphatic carbocycles. The van der Waals surface area contributed by atoms with Crippen LogP contribution in [0.25, 0.3) is 21.7 Å². The van der Waals surface area contributed by atoms with Crippen LogP contribution in [-0.4, -0.2) is 47.4 Å². The monoisotopic (exact) mass is 652 g/mol. The number of anilines is 2. The molecule has 0 radical (unpaired) electrons. The third-order valence-corrected chi connectivity index (χ3v) is 11.3. The van der Waals surface area contributed by atoms with Gasteiger partial charge in [-0.05, 0) is 117 Å². The van der Waals surface area contributed by atoms with Crippen LogP contribution in [0.2, 0.25) is 0 Å². The summed E-state index contributed by atoms with van der Waals surface area (Å²) >= 11 is 0. The van der Waals surface area contributed by atoms with E-state index in [2.05, 4.69) is 23.8 Å². The Bertz CT molecular complexity index is 2360. The van der Waals surface area contributed by atoms with Gasteiger partial charge >= 0.3 is 0 Å². The van der Waals surface area contributed by atoms with Gasteiger partial charge in [-0.2, -0.15) is 0 Å². The molecule has 1 fully saturated rings. The summed E-state index contributed by atoms with van der Waals surface area (Å²) in [5, 5.41) is 0.958. The van der Waals surface area contributed by atoms with Gasteiger partial charge in [0.1, 0.15) is 11.7 Å². The molecular formula is C40H36N4O5. The SMILES string of the molecule is Cc1c(C)c(C)c(N2C(=O)c3ccc4c5c(ccc(c35)C2=O)C(=O)C(c2nc3ccc(N(C)C)cc3c(=O)[nH]2)C4=O)c(C2CCCC2)c1C. The number of amides is 2. The number of H-pyrrole nitrogens is 1. The van der Waals surface area contributed by atoms with Crippen molar-refractivity contribution in [3.8, 4) is 0 Å². The van der Waals surface area contributed by atoms with Gasteiger partial charge in [-0.25, -0.2) is 9.88 Å². The largest absolute Gasteiger partial charge is 0.378 e. The molecule has 246 valence electrons. The van der Waals surface area contributed by atoms with Crippen molar-refractivity contribution in [2.24, 2.45) is 0 Å². The lowest BCUT2D eigenvalue weighted by atomic mass is 9.76. The molecule has 1 N–H and O–H groups in total. The highest BCUT2D eigenvalue weighted by atomic mass is 16.2. The second kappa shape index (κ2) is 10.8. The van der Waals surface area contributed by atoms with Crippen LogP contribution in [0.4, 0.5) is 11.4 Å². The van der Waals surface area contributed by atoms with Gasteiger partial charge in [-0.1, -0.05) is 12.8 Å². The van der Waals surface area contributed by atoms with Gasteiger partial charge in [0.15, 0.2) is 11.6 Å². The number of aromatic amines is 1. The molecule has 0 spiro atoms. The highest BCUT2D eigenvalue weighted by Gasteiger charge is 2.44. The number of imide groups is 1. The number of ketones is 2. The summed E-state index contributed by atoms with van der Waals surface area (Å²) in [7, 11) is 3.73. The molecule has 4 aromatic carbocycles. The number of Topliss-reactive ketones (excluding diaryl/α,β-unsaturated/α-hetero) is 2. The van der Waals surface area contributed by atoms with E-state index in [9.17, 15) is 24.0 Å². The Morgan fingerprint density at radius 1 is 0.714 bits per heavy atom. The van der Waals surface area contributed by atoms with Crippen molar-refractivity contribution in [2.45, 2.75) is 65.2 Å². The minimum absolute atomic E-state index is 0.0393. The number of fused-ring (bicyclic) bond motifs is 1. The third kappa shape index (κ3) is 4.24. The van der Waals surface area contributed by atoms with Crippen molar-refractivity contribution >= 4 is 56.4 Å². The van der Waals surface area contributed by atoms with Gasteiger partial charge in [-0.3, -0.25) is 24.0 Å². The molecule has 49 heavy (non-hydrogen) atoms. The maximum Gasteiger partial charge on any atom is 0.266 e.